The number of allylic oxidation sites excluding steroid dienone is 1. The number of carbonyl (C=O) groups is 1. The molecule has 6 atom stereocenters. The highest BCUT2D eigenvalue weighted by Gasteiger charge is 2.65. The molecular weight excluding hydrogens is 861 g/mol. The Morgan fingerprint density at radius 1 is 0.926 bits per heavy atom. The minimum Gasteiger partial charge on any atom is -0.459 e. The summed E-state index contributed by atoms with van der Waals surface area (Å²) >= 11 is 0. The van der Waals surface area contributed by atoms with Crippen molar-refractivity contribution in [1.29, 1.82) is 5.26 Å². The molecule has 1 amide bonds. The van der Waals surface area contributed by atoms with E-state index in [0.717, 1.165) is 47.9 Å². The number of likely N-dealkylation sites (N-methyl/N-ethyl adjacent to an activating group) is 1. The van der Waals surface area contributed by atoms with Crippen LogP contribution in [0.1, 0.15) is 77.9 Å². The van der Waals surface area contributed by atoms with Gasteiger partial charge in [-0.3, -0.25) is 14.9 Å². The van der Waals surface area contributed by atoms with E-state index in [1.54, 1.807) is 54.4 Å². The van der Waals surface area contributed by atoms with Gasteiger partial charge in [-0.2, -0.15) is 5.26 Å². The average Bonchev–Trinajstić information content (AvgIpc) is 3.37. The highest BCUT2D eigenvalue weighted by atomic mass is 16.7. The highest BCUT2D eigenvalue weighted by molar-refractivity contribution is 6.03. The van der Waals surface area contributed by atoms with Crippen molar-refractivity contribution in [1.82, 2.24) is 4.90 Å². The van der Waals surface area contributed by atoms with Crippen LogP contribution in [-0.2, 0) is 16.2 Å². The van der Waals surface area contributed by atoms with Gasteiger partial charge in [0, 0.05) is 55.9 Å². The number of nitrogens with zero attached hydrogens (tertiary/aromatic N) is 4. The number of amides is 1. The third-order valence-electron chi connectivity index (χ3n) is 13.4. The van der Waals surface area contributed by atoms with Gasteiger partial charge in [0.2, 0.25) is 5.79 Å². The maximum atomic E-state index is 14.7. The summed E-state index contributed by atoms with van der Waals surface area (Å²) in [5, 5.41) is 45.7. The van der Waals surface area contributed by atoms with Gasteiger partial charge in [-0.25, -0.2) is 0 Å². The number of benzene rings is 5. The number of hydrogen-bond donors (Lipinski definition) is 2. The van der Waals surface area contributed by atoms with Crippen LogP contribution in [0, 0.1) is 39.2 Å². The normalized spacial score (nSPS) is 21.8. The second-order valence-electron chi connectivity index (χ2n) is 17.6. The number of non-ortho nitro benzene ring substituents is 1. The van der Waals surface area contributed by atoms with E-state index in [0.29, 0.717) is 52.5 Å². The minimum absolute atomic E-state index is 0.00378. The maximum Gasteiger partial charge on any atom is 0.269 e. The Kier molecular flexibility index (Phi) is 15.1. The molecule has 13 nitrogen and oxygen atoms in total. The average molecular weight is 917 g/mol. The van der Waals surface area contributed by atoms with Gasteiger partial charge in [-0.15, -0.1) is 6.58 Å². The summed E-state index contributed by atoms with van der Waals surface area (Å²) in [6.45, 7) is 4.26. The van der Waals surface area contributed by atoms with E-state index in [4.69, 9.17) is 24.2 Å². The van der Waals surface area contributed by atoms with Gasteiger partial charge in [0.1, 0.15) is 29.9 Å². The molecule has 1 saturated carbocycles. The summed E-state index contributed by atoms with van der Waals surface area (Å²) in [5.74, 6) is -0.779. The van der Waals surface area contributed by atoms with E-state index < -0.39 is 22.7 Å². The molecule has 5 aromatic carbocycles. The molecule has 0 aromatic heterocycles. The second-order valence-corrected chi connectivity index (χ2v) is 17.6. The molecule has 2 N–H and O–H groups in total. The molecule has 350 valence electrons. The summed E-state index contributed by atoms with van der Waals surface area (Å²) < 4.78 is 21.0. The molecule has 2 aliphatic carbocycles. The molecule has 13 heteroatoms. The fourth-order valence-corrected chi connectivity index (χ4v) is 10.2. The Morgan fingerprint density at radius 3 is 2.29 bits per heavy atom. The number of aliphatic hydroxyl groups excluding tert-OH is 2. The number of hydrogen-bond acceptors (Lipinski definition) is 11. The molecule has 8 rings (SSSR count). The van der Waals surface area contributed by atoms with Crippen molar-refractivity contribution in [2.75, 3.05) is 26.9 Å². The predicted octanol–water partition coefficient (Wildman–Crippen LogP) is 10.5. The van der Waals surface area contributed by atoms with Crippen molar-refractivity contribution in [3.63, 3.8) is 0 Å². The van der Waals surface area contributed by atoms with Gasteiger partial charge in [0.15, 0.2) is 0 Å². The SMILES string of the molecule is C=CCOC12Oc3ccc(Oc4ccc(-c5ccccc5)cc4)cc3C3C(CCCCO)C(CCCCO)C=C(C(=NOCc4ccc([N+](=O)[O-])cc4)CC1N(C)C(=O)c1ccc(C#N)cc1)C32. The minimum atomic E-state index is -1.48. The standard InChI is InChI=1S/C55H56N4O9/c1-3-31-65-55-51(58(2)54(62)41-19-15-37(35-56)16-20-41)34-49(57-66-36-38-17-23-43(24-18-38)59(63)64)47-32-42(13-7-9-29-60)46(14-8-10-30-61)52(53(47)55)48-33-45(27-28-50(48)68-55)67-44-25-21-40(22-26-44)39-11-5-4-6-12-39/h3-6,11-12,15-28,32-33,42,46,51-53,60-61H,1,7-10,13-14,29-31,34,36H2,2H3. The molecule has 6 unspecified atom stereocenters. The first-order chi connectivity index (χ1) is 33.2. The lowest BCUT2D eigenvalue weighted by Crippen LogP contribution is -2.69. The number of carbonyl (C=O) groups excluding carboxylic acids is 1. The van der Waals surface area contributed by atoms with Gasteiger partial charge in [-0.05, 0) is 127 Å². The van der Waals surface area contributed by atoms with Crippen LogP contribution in [0.15, 0.2) is 151 Å². The van der Waals surface area contributed by atoms with Gasteiger partial charge in [-0.1, -0.05) is 72.6 Å². The zero-order valence-electron chi connectivity index (χ0n) is 38.1. The fourth-order valence-electron chi connectivity index (χ4n) is 10.2. The quantitative estimate of drug-likeness (QED) is 0.0331. The van der Waals surface area contributed by atoms with E-state index in [-0.39, 0.29) is 62.2 Å². The lowest BCUT2D eigenvalue weighted by atomic mass is 9.55. The number of oxime groups is 1. The third-order valence-corrected chi connectivity index (χ3v) is 13.4. The number of nitriles is 1. The summed E-state index contributed by atoms with van der Waals surface area (Å²) in [7, 11) is 1.72. The van der Waals surface area contributed by atoms with Crippen LogP contribution in [0.2, 0.25) is 0 Å². The van der Waals surface area contributed by atoms with Gasteiger partial charge in [0.25, 0.3) is 11.6 Å². The lowest BCUT2D eigenvalue weighted by Gasteiger charge is -2.59. The summed E-state index contributed by atoms with van der Waals surface area (Å²) in [5.41, 5.74) is 5.98. The first kappa shape index (κ1) is 47.4. The first-order valence-corrected chi connectivity index (χ1v) is 23.2. The van der Waals surface area contributed by atoms with Crippen molar-refractivity contribution >= 4 is 17.3 Å². The van der Waals surface area contributed by atoms with Gasteiger partial charge in [0.05, 0.1) is 34.8 Å². The third kappa shape index (κ3) is 10.1. The van der Waals surface area contributed by atoms with Crippen LogP contribution in [-0.4, -0.2) is 70.4 Å². The highest BCUT2D eigenvalue weighted by Crippen LogP contribution is 2.62. The lowest BCUT2D eigenvalue weighted by molar-refractivity contribution is -0.384. The van der Waals surface area contributed by atoms with Crippen molar-refractivity contribution in [2.24, 2.45) is 22.9 Å². The number of nitro benzene ring substituents is 1. The molecule has 3 aliphatic rings. The van der Waals surface area contributed by atoms with E-state index in [2.05, 4.69) is 30.9 Å². The molecule has 1 aliphatic heterocycles. The topological polar surface area (TPSA) is 177 Å². The number of fused-ring (bicyclic) bond motifs is 2. The van der Waals surface area contributed by atoms with Crippen molar-refractivity contribution in [2.45, 2.75) is 69.3 Å². The van der Waals surface area contributed by atoms with Crippen LogP contribution < -0.4 is 9.47 Å². The molecule has 0 spiro atoms. The van der Waals surface area contributed by atoms with Crippen LogP contribution in [0.5, 0.6) is 17.2 Å². The molecule has 5 aromatic rings. The Balaban J connectivity index is 1.27. The monoisotopic (exact) mass is 916 g/mol. The van der Waals surface area contributed by atoms with Gasteiger partial charge < -0.3 is 34.2 Å². The number of rotatable bonds is 20. The number of unbranched alkanes of at least 4 members (excludes halogenated alkanes) is 2. The van der Waals surface area contributed by atoms with E-state index in [9.17, 15) is 30.4 Å². The smallest absolute Gasteiger partial charge is 0.269 e. The molecule has 1 heterocycles. The summed E-state index contributed by atoms with van der Waals surface area (Å²) in [4.78, 5) is 33.4. The first-order valence-electron chi connectivity index (χ1n) is 23.2. The Hall–Kier alpha value is -7.11. The Labute approximate surface area is 396 Å². The fraction of sp³-hybridized carbons (Fsp3) is 0.327. The van der Waals surface area contributed by atoms with Crippen LogP contribution in [0.4, 0.5) is 5.69 Å². The summed E-state index contributed by atoms with van der Waals surface area (Å²) in [6, 6.07) is 37.9. The largest absolute Gasteiger partial charge is 0.459 e. The molecule has 0 bridgehead atoms. The Bertz CT molecular complexity index is 2660. The zero-order chi connectivity index (χ0) is 47.6. The zero-order valence-corrected chi connectivity index (χ0v) is 38.1. The van der Waals surface area contributed by atoms with Crippen molar-refractivity contribution in [3.05, 3.63) is 178 Å². The van der Waals surface area contributed by atoms with Crippen molar-refractivity contribution < 1.29 is 39.0 Å². The number of ether oxygens (including phenoxy) is 3. The number of nitro groups is 1. The summed E-state index contributed by atoms with van der Waals surface area (Å²) in [6.07, 6.45) is 8.41. The van der Waals surface area contributed by atoms with E-state index in [1.165, 1.54) is 12.1 Å². The van der Waals surface area contributed by atoms with Crippen LogP contribution in [0.3, 0.4) is 0 Å². The molecule has 1 fully saturated rings. The molecule has 0 saturated heterocycles. The molecule has 0 radical (unpaired) electrons. The van der Waals surface area contributed by atoms with Crippen LogP contribution in [0.25, 0.3) is 11.1 Å². The van der Waals surface area contributed by atoms with E-state index >= 15 is 0 Å². The Morgan fingerprint density at radius 2 is 1.62 bits per heavy atom. The number of aliphatic hydroxyl groups is 2. The van der Waals surface area contributed by atoms with Gasteiger partial charge >= 0.3 is 0 Å². The van der Waals surface area contributed by atoms with Crippen molar-refractivity contribution in [3.8, 4) is 34.4 Å². The predicted molar refractivity (Wildman–Crippen MR) is 258 cm³/mol. The molecule has 68 heavy (non-hydrogen) atoms. The molecular formula is C55H56N4O9. The maximum absolute atomic E-state index is 14.7. The van der Waals surface area contributed by atoms with E-state index in [1.807, 2.05) is 60.7 Å². The second kappa shape index (κ2) is 21.7. The van der Waals surface area contributed by atoms with Crippen LogP contribution >= 0.6 is 0 Å².